The second-order valence-corrected chi connectivity index (χ2v) is 4.48. The maximum atomic E-state index is 11.3. The fraction of sp³-hybridized carbons (Fsp3) is 0.0909. The van der Waals surface area contributed by atoms with E-state index in [0.29, 0.717) is 10.9 Å². The predicted molar refractivity (Wildman–Crippen MR) is 61.1 cm³/mol. The Morgan fingerprint density at radius 1 is 1.24 bits per heavy atom. The number of ketones is 1. The Hall–Kier alpha value is -1.95. The van der Waals surface area contributed by atoms with E-state index >= 15 is 0 Å². The van der Waals surface area contributed by atoms with Gasteiger partial charge in [-0.3, -0.25) is 4.79 Å². The molecule has 0 spiro atoms. The molecule has 1 aromatic heterocycles. The number of hydrogen-bond donors (Lipinski definition) is 1. The molecule has 0 fully saturated rings. The molecule has 1 aromatic carbocycles. The molecule has 0 atom stereocenters. The van der Waals surface area contributed by atoms with Crippen molar-refractivity contribution in [2.75, 3.05) is 0 Å². The van der Waals surface area contributed by atoms with Gasteiger partial charge in [0.05, 0.1) is 0 Å². The Kier molecular flexibility index (Phi) is 2.81. The van der Waals surface area contributed by atoms with Crippen molar-refractivity contribution in [1.82, 2.24) is 0 Å². The van der Waals surface area contributed by atoms with E-state index in [0.717, 1.165) is 0 Å². The van der Waals surface area contributed by atoms with Gasteiger partial charge >= 0.3 is 5.63 Å². The van der Waals surface area contributed by atoms with Gasteiger partial charge in [0.1, 0.15) is 5.58 Å². The van der Waals surface area contributed by atoms with E-state index in [1.807, 2.05) is 0 Å². The van der Waals surface area contributed by atoms with Gasteiger partial charge < -0.3 is 4.42 Å². The maximum Gasteiger partial charge on any atom is 0.354 e. The van der Waals surface area contributed by atoms with Crippen molar-refractivity contribution in [2.24, 2.45) is 0 Å². The van der Waals surface area contributed by atoms with Crippen LogP contribution in [0.15, 0.2) is 38.4 Å². The van der Waals surface area contributed by atoms with Crippen LogP contribution in [0.5, 0.6) is 0 Å². The van der Waals surface area contributed by atoms with E-state index in [2.05, 4.69) is 0 Å². The summed E-state index contributed by atoms with van der Waals surface area (Å²) in [6, 6.07) is 5.68. The zero-order valence-corrected chi connectivity index (χ0v) is 9.69. The molecule has 0 N–H and O–H groups in total. The summed E-state index contributed by atoms with van der Waals surface area (Å²) in [6.45, 7) is 1.40. The Balaban J connectivity index is 2.81. The van der Waals surface area contributed by atoms with Gasteiger partial charge in [-0.2, -0.15) is 0 Å². The summed E-state index contributed by atoms with van der Waals surface area (Å²) < 4.78 is 26.4. The summed E-state index contributed by atoms with van der Waals surface area (Å²) in [5, 5.41) is 0.409. The van der Waals surface area contributed by atoms with Gasteiger partial charge in [-0.1, -0.05) is 0 Å². The molecule has 0 unspecified atom stereocenters. The fourth-order valence-corrected chi connectivity index (χ4v) is 1.90. The van der Waals surface area contributed by atoms with Crippen molar-refractivity contribution < 1.29 is 17.6 Å². The lowest BCUT2D eigenvalue weighted by Gasteiger charge is -1.99. The first kappa shape index (κ1) is 11.5. The number of carbonyl (C=O) groups is 1. The molecule has 2 rings (SSSR count). The first-order chi connectivity index (χ1) is 7.99. The van der Waals surface area contributed by atoms with Crippen molar-refractivity contribution in [2.45, 2.75) is 11.8 Å². The Bertz CT molecular complexity index is 731. The number of Topliss-reactive ketones (excluding diaryl/α,β-unsaturated/α-hetero) is 1. The van der Waals surface area contributed by atoms with Crippen molar-refractivity contribution in [3.8, 4) is 0 Å². The number of fused-ring (bicyclic) bond motifs is 1. The number of rotatable bonds is 2. The molecular formula is C11H8O5S. The van der Waals surface area contributed by atoms with E-state index < -0.39 is 21.2 Å². The van der Waals surface area contributed by atoms with E-state index in [1.165, 1.54) is 31.2 Å². The van der Waals surface area contributed by atoms with Crippen LogP contribution in [0.4, 0.5) is 0 Å². The molecule has 0 radical (unpaired) electrons. The Labute approximate surface area is 97.6 Å². The minimum atomic E-state index is -3.01. The molecule has 0 saturated heterocycles. The minimum Gasteiger partial charge on any atom is -0.422 e. The summed E-state index contributed by atoms with van der Waals surface area (Å²) in [6.07, 6.45) is 0. The Morgan fingerprint density at radius 2 is 1.94 bits per heavy atom. The zero-order chi connectivity index (χ0) is 12.6. The third-order valence-corrected chi connectivity index (χ3v) is 3.02. The molecule has 2 aromatic rings. The summed E-state index contributed by atoms with van der Waals surface area (Å²) in [5.41, 5.74) is -0.219. The quantitative estimate of drug-likeness (QED) is 0.489. The van der Waals surface area contributed by atoms with Crippen LogP contribution in [0, 0.1) is 0 Å². The van der Waals surface area contributed by atoms with Crippen molar-refractivity contribution in [3.05, 3.63) is 40.2 Å². The van der Waals surface area contributed by atoms with Crippen LogP contribution < -0.4 is 5.63 Å². The SMILES string of the molecule is CC(=O)c1ccc2oc(=O)c([SH](=O)=O)cc2c1. The Morgan fingerprint density at radius 3 is 2.53 bits per heavy atom. The number of hydrogen-bond acceptors (Lipinski definition) is 5. The summed E-state index contributed by atoms with van der Waals surface area (Å²) in [7, 11) is -3.01. The van der Waals surface area contributed by atoms with Crippen LogP contribution in [0.1, 0.15) is 17.3 Å². The van der Waals surface area contributed by atoms with Crippen molar-refractivity contribution in [3.63, 3.8) is 0 Å². The first-order valence-electron chi connectivity index (χ1n) is 4.72. The molecule has 1 heterocycles. The normalized spacial score (nSPS) is 10.9. The molecule has 0 aliphatic rings. The third kappa shape index (κ3) is 2.12. The van der Waals surface area contributed by atoms with Crippen molar-refractivity contribution >= 4 is 27.5 Å². The van der Waals surface area contributed by atoms with Crippen LogP contribution >= 0.6 is 0 Å². The molecular weight excluding hydrogens is 244 g/mol. The lowest BCUT2D eigenvalue weighted by molar-refractivity contribution is 0.101. The van der Waals surface area contributed by atoms with Gasteiger partial charge in [-0.05, 0) is 31.2 Å². The van der Waals surface area contributed by atoms with Crippen LogP contribution in [0.3, 0.4) is 0 Å². The highest BCUT2D eigenvalue weighted by atomic mass is 32.2. The van der Waals surface area contributed by atoms with E-state index in [1.54, 1.807) is 0 Å². The zero-order valence-electron chi connectivity index (χ0n) is 8.80. The van der Waals surface area contributed by atoms with Crippen LogP contribution in [-0.2, 0) is 10.7 Å². The molecule has 88 valence electrons. The summed E-state index contributed by atoms with van der Waals surface area (Å²) in [4.78, 5) is 22.0. The van der Waals surface area contributed by atoms with Crippen LogP contribution in [-0.4, -0.2) is 14.2 Å². The summed E-state index contributed by atoms with van der Waals surface area (Å²) in [5.74, 6) is -0.147. The van der Waals surface area contributed by atoms with Crippen LogP contribution in [0.25, 0.3) is 11.0 Å². The molecule has 0 saturated carbocycles. The molecule has 6 heteroatoms. The molecule has 0 aliphatic heterocycles. The molecule has 0 amide bonds. The van der Waals surface area contributed by atoms with E-state index in [9.17, 15) is 18.0 Å². The average molecular weight is 252 g/mol. The first-order valence-corrected chi connectivity index (χ1v) is 5.90. The van der Waals surface area contributed by atoms with Crippen molar-refractivity contribution in [1.29, 1.82) is 0 Å². The third-order valence-electron chi connectivity index (χ3n) is 2.32. The smallest absolute Gasteiger partial charge is 0.354 e. The monoisotopic (exact) mass is 252 g/mol. The topological polar surface area (TPSA) is 81.4 Å². The number of benzene rings is 1. The molecule has 17 heavy (non-hydrogen) atoms. The van der Waals surface area contributed by atoms with Gasteiger partial charge in [0, 0.05) is 10.9 Å². The highest BCUT2D eigenvalue weighted by molar-refractivity contribution is 7.72. The average Bonchev–Trinajstić information content (AvgIpc) is 2.27. The number of carbonyl (C=O) groups excluding carboxylic acids is 1. The van der Waals surface area contributed by atoms with Gasteiger partial charge in [0.2, 0.25) is 0 Å². The number of thiol groups is 1. The standard InChI is InChI=1S/C11H8O5S/c1-6(12)7-2-3-9-8(4-7)5-10(17(14)15)11(13)16-9/h2-5,17H,1H3. The molecule has 0 aliphatic carbocycles. The second kappa shape index (κ2) is 4.14. The maximum absolute atomic E-state index is 11.3. The van der Waals surface area contributed by atoms with Gasteiger partial charge in [-0.15, -0.1) is 0 Å². The molecule has 0 bridgehead atoms. The minimum absolute atomic E-state index is 0.147. The van der Waals surface area contributed by atoms with Gasteiger partial charge in [-0.25, -0.2) is 13.2 Å². The van der Waals surface area contributed by atoms with Gasteiger partial charge in [0.25, 0.3) is 0 Å². The fourth-order valence-electron chi connectivity index (χ4n) is 1.46. The van der Waals surface area contributed by atoms with E-state index in [4.69, 9.17) is 4.42 Å². The van der Waals surface area contributed by atoms with Gasteiger partial charge in [0.15, 0.2) is 21.4 Å². The highest BCUT2D eigenvalue weighted by Gasteiger charge is 2.08. The predicted octanol–water partition coefficient (Wildman–Crippen LogP) is 0.966. The largest absolute Gasteiger partial charge is 0.422 e. The second-order valence-electron chi connectivity index (χ2n) is 3.48. The van der Waals surface area contributed by atoms with E-state index in [-0.39, 0.29) is 11.4 Å². The molecule has 5 nitrogen and oxygen atoms in total. The lowest BCUT2D eigenvalue weighted by Crippen LogP contribution is -2.05. The highest BCUT2D eigenvalue weighted by Crippen LogP contribution is 2.16. The van der Waals surface area contributed by atoms with Crippen LogP contribution in [0.2, 0.25) is 0 Å². The lowest BCUT2D eigenvalue weighted by atomic mass is 10.1. The summed E-state index contributed by atoms with van der Waals surface area (Å²) >= 11 is 0.